The highest BCUT2D eigenvalue weighted by Gasteiger charge is 2.49. The van der Waals surface area contributed by atoms with Gasteiger partial charge in [0.2, 0.25) is 0 Å². The number of ether oxygens (including phenoxy) is 3. The van der Waals surface area contributed by atoms with E-state index in [2.05, 4.69) is 0 Å². The van der Waals surface area contributed by atoms with E-state index in [-0.39, 0.29) is 19.6 Å². The minimum absolute atomic E-state index is 0.00958. The number of aliphatic carboxylic acids is 1. The van der Waals surface area contributed by atoms with Crippen LogP contribution in [0.4, 0.5) is 8.78 Å². The summed E-state index contributed by atoms with van der Waals surface area (Å²) >= 11 is 0. The van der Waals surface area contributed by atoms with Crippen LogP contribution < -0.4 is 9.47 Å². The topological polar surface area (TPSA) is 85.3 Å². The zero-order valence-corrected chi connectivity index (χ0v) is 21.4. The molecule has 1 N–H and O–H groups in total. The molecule has 1 aliphatic carbocycles. The van der Waals surface area contributed by atoms with Crippen molar-refractivity contribution < 1.29 is 37.7 Å². The molecule has 1 heterocycles. The van der Waals surface area contributed by atoms with Gasteiger partial charge in [-0.3, -0.25) is 4.79 Å². The van der Waals surface area contributed by atoms with Gasteiger partial charge in [-0.15, -0.1) is 0 Å². The third-order valence-electron chi connectivity index (χ3n) is 7.16. The first kappa shape index (κ1) is 26.6. The number of fused-ring (bicyclic) bond motifs is 1. The van der Waals surface area contributed by atoms with Gasteiger partial charge >= 0.3 is 5.97 Å². The van der Waals surface area contributed by atoms with E-state index in [0.29, 0.717) is 28.2 Å². The van der Waals surface area contributed by atoms with Crippen molar-refractivity contribution in [3.05, 3.63) is 95.1 Å². The number of alkyl halides is 2. The van der Waals surface area contributed by atoms with Gasteiger partial charge in [-0.2, -0.15) is 0 Å². The SMILES string of the molecule is COc1ccc2c(c1OCc1ccccc1)C[C@H](C(=O)O)N(C(=O)[C@@H](OC1CC(F)(F)C1)c1ccccc1)C2. The van der Waals surface area contributed by atoms with Crippen LogP contribution in [0.15, 0.2) is 72.8 Å². The van der Waals surface area contributed by atoms with Crippen molar-refractivity contribution in [3.8, 4) is 11.5 Å². The summed E-state index contributed by atoms with van der Waals surface area (Å²) < 4.78 is 44.6. The number of hydrogen-bond acceptors (Lipinski definition) is 5. The Hall–Kier alpha value is -3.98. The number of carboxylic acids is 1. The number of hydrogen-bond donors (Lipinski definition) is 1. The largest absolute Gasteiger partial charge is 0.493 e. The predicted octanol–water partition coefficient (Wildman–Crippen LogP) is 5.17. The van der Waals surface area contributed by atoms with Crippen LogP contribution in [0.3, 0.4) is 0 Å². The van der Waals surface area contributed by atoms with Crippen molar-refractivity contribution in [3.63, 3.8) is 0 Å². The molecule has 204 valence electrons. The van der Waals surface area contributed by atoms with Crippen molar-refractivity contribution in [2.24, 2.45) is 0 Å². The highest BCUT2D eigenvalue weighted by molar-refractivity contribution is 5.88. The fraction of sp³-hybridized carbons (Fsp3) is 0.333. The Morgan fingerprint density at radius 3 is 2.31 bits per heavy atom. The number of halogens is 2. The van der Waals surface area contributed by atoms with Crippen LogP contribution in [0.1, 0.15) is 41.2 Å². The molecule has 5 rings (SSSR count). The van der Waals surface area contributed by atoms with Gasteiger partial charge in [0.1, 0.15) is 12.6 Å². The van der Waals surface area contributed by atoms with Gasteiger partial charge in [-0.1, -0.05) is 66.7 Å². The highest BCUT2D eigenvalue weighted by Crippen LogP contribution is 2.43. The molecule has 0 saturated heterocycles. The summed E-state index contributed by atoms with van der Waals surface area (Å²) in [5, 5.41) is 10.2. The van der Waals surface area contributed by atoms with E-state index in [0.717, 1.165) is 5.56 Å². The highest BCUT2D eigenvalue weighted by atomic mass is 19.3. The van der Waals surface area contributed by atoms with E-state index >= 15 is 0 Å². The molecule has 9 heteroatoms. The van der Waals surface area contributed by atoms with Crippen LogP contribution >= 0.6 is 0 Å². The molecule has 1 fully saturated rings. The predicted molar refractivity (Wildman–Crippen MR) is 138 cm³/mol. The molecular formula is C30H29F2NO6. The molecule has 0 aromatic heterocycles. The van der Waals surface area contributed by atoms with Crippen molar-refractivity contribution >= 4 is 11.9 Å². The molecule has 0 spiro atoms. The molecule has 39 heavy (non-hydrogen) atoms. The van der Waals surface area contributed by atoms with Crippen LogP contribution in [-0.2, 0) is 33.9 Å². The maximum Gasteiger partial charge on any atom is 0.326 e. The summed E-state index contributed by atoms with van der Waals surface area (Å²) in [4.78, 5) is 27.6. The Morgan fingerprint density at radius 2 is 1.69 bits per heavy atom. The lowest BCUT2D eigenvalue weighted by atomic mass is 9.90. The molecule has 1 amide bonds. The molecule has 7 nitrogen and oxygen atoms in total. The summed E-state index contributed by atoms with van der Waals surface area (Å²) in [7, 11) is 1.51. The van der Waals surface area contributed by atoms with Gasteiger partial charge in [0, 0.05) is 31.4 Å². The fourth-order valence-electron chi connectivity index (χ4n) is 5.07. The van der Waals surface area contributed by atoms with E-state index < -0.39 is 48.9 Å². The lowest BCUT2D eigenvalue weighted by Crippen LogP contribution is -2.51. The van der Waals surface area contributed by atoms with E-state index in [4.69, 9.17) is 14.2 Å². The third-order valence-corrected chi connectivity index (χ3v) is 7.16. The summed E-state index contributed by atoms with van der Waals surface area (Å²) in [5.74, 6) is -3.70. The van der Waals surface area contributed by atoms with Gasteiger partial charge in [-0.25, -0.2) is 13.6 Å². The molecule has 2 atom stereocenters. The smallest absolute Gasteiger partial charge is 0.326 e. The van der Waals surface area contributed by atoms with Gasteiger partial charge in [0.25, 0.3) is 11.8 Å². The number of nitrogens with zero attached hydrogens (tertiary/aromatic N) is 1. The first-order valence-electron chi connectivity index (χ1n) is 12.7. The number of carbonyl (C=O) groups is 2. The van der Waals surface area contributed by atoms with E-state index in [1.54, 1.807) is 42.5 Å². The number of rotatable bonds is 9. The molecule has 3 aromatic carbocycles. The number of methoxy groups -OCH3 is 1. The standard InChI is InChI=1S/C30H29F2NO6/c1-37-25-13-12-21-17-33(24(29(35)36)14-23(21)27(25)38-18-19-8-4-2-5-9-19)28(34)26(20-10-6-3-7-11-20)39-22-15-30(31,32)16-22/h2-13,22,24,26H,14-18H2,1H3,(H,35,36)/t24-,26+/m1/s1. The van der Waals surface area contributed by atoms with Crippen molar-refractivity contribution in [1.29, 1.82) is 0 Å². The van der Waals surface area contributed by atoms with E-state index in [9.17, 15) is 23.5 Å². The summed E-state index contributed by atoms with van der Waals surface area (Å²) in [5.41, 5.74) is 2.78. The zero-order chi connectivity index (χ0) is 27.6. The molecule has 1 aliphatic heterocycles. The van der Waals surface area contributed by atoms with Crippen LogP contribution in [0.2, 0.25) is 0 Å². The Bertz CT molecular complexity index is 1330. The van der Waals surface area contributed by atoms with Gasteiger partial charge in [0.05, 0.1) is 13.2 Å². The van der Waals surface area contributed by atoms with Crippen LogP contribution in [0.5, 0.6) is 11.5 Å². The zero-order valence-electron chi connectivity index (χ0n) is 21.4. The molecule has 0 radical (unpaired) electrons. The number of carbonyl (C=O) groups excluding carboxylic acids is 1. The molecular weight excluding hydrogens is 508 g/mol. The minimum atomic E-state index is -2.82. The normalized spacial score (nSPS) is 18.9. The van der Waals surface area contributed by atoms with Gasteiger partial charge in [0.15, 0.2) is 17.6 Å². The second-order valence-corrected chi connectivity index (χ2v) is 9.85. The van der Waals surface area contributed by atoms with Crippen molar-refractivity contribution in [1.82, 2.24) is 4.90 Å². The second kappa shape index (κ2) is 11.0. The van der Waals surface area contributed by atoms with Crippen LogP contribution in [0.25, 0.3) is 0 Å². The maximum atomic E-state index is 13.9. The number of carboxylic acid groups (broad SMARTS) is 1. The average molecular weight is 538 g/mol. The van der Waals surface area contributed by atoms with Crippen molar-refractivity contribution in [2.75, 3.05) is 7.11 Å². The molecule has 0 unspecified atom stereocenters. The molecule has 2 aliphatic rings. The Balaban J connectivity index is 1.45. The Labute approximate surface area is 224 Å². The molecule has 1 saturated carbocycles. The van der Waals surface area contributed by atoms with E-state index in [1.165, 1.54) is 12.0 Å². The molecule has 3 aromatic rings. The van der Waals surface area contributed by atoms with Gasteiger partial charge in [-0.05, 0) is 22.8 Å². The number of benzene rings is 3. The minimum Gasteiger partial charge on any atom is -0.493 e. The monoisotopic (exact) mass is 537 g/mol. The first-order chi connectivity index (χ1) is 18.8. The maximum absolute atomic E-state index is 13.9. The van der Waals surface area contributed by atoms with Crippen molar-refractivity contribution in [2.45, 2.75) is 56.6 Å². The Morgan fingerprint density at radius 1 is 1.03 bits per heavy atom. The fourth-order valence-corrected chi connectivity index (χ4v) is 5.07. The third kappa shape index (κ3) is 5.73. The average Bonchev–Trinajstić information content (AvgIpc) is 2.93. The summed E-state index contributed by atoms with van der Waals surface area (Å²) in [6.45, 7) is 0.244. The first-order valence-corrected chi connectivity index (χ1v) is 12.7. The van der Waals surface area contributed by atoms with Gasteiger partial charge < -0.3 is 24.2 Å². The Kier molecular flexibility index (Phi) is 7.52. The van der Waals surface area contributed by atoms with Crippen LogP contribution in [0, 0.1) is 0 Å². The quantitative estimate of drug-likeness (QED) is 0.406. The number of amides is 1. The lowest BCUT2D eigenvalue weighted by Gasteiger charge is -2.40. The van der Waals surface area contributed by atoms with Crippen LogP contribution in [-0.4, -0.2) is 47.1 Å². The van der Waals surface area contributed by atoms with E-state index in [1.807, 2.05) is 30.3 Å². The molecule has 0 bridgehead atoms. The second-order valence-electron chi connectivity index (χ2n) is 9.85. The lowest BCUT2D eigenvalue weighted by molar-refractivity contribution is -0.193. The summed E-state index contributed by atoms with van der Waals surface area (Å²) in [6, 6.07) is 20.4. The summed E-state index contributed by atoms with van der Waals surface area (Å²) in [6.07, 6.45) is -2.96.